The largest absolute Gasteiger partial charge is 0.481 e. The summed E-state index contributed by atoms with van der Waals surface area (Å²) in [5.41, 5.74) is 0. The number of carboxylic acid groups (broad SMARTS) is 2. The molecule has 0 saturated carbocycles. The second kappa shape index (κ2) is 40.3. The molecule has 0 aromatic rings. The predicted molar refractivity (Wildman–Crippen MR) is 156 cm³/mol. The van der Waals surface area contributed by atoms with Gasteiger partial charge in [0.1, 0.15) is 0 Å². The van der Waals surface area contributed by atoms with Gasteiger partial charge in [-0.3, -0.25) is 9.59 Å². The lowest BCUT2D eigenvalue weighted by Gasteiger charge is -2.00. The van der Waals surface area contributed by atoms with E-state index in [-0.39, 0.29) is 13.2 Å². The molecule has 0 saturated heterocycles. The van der Waals surface area contributed by atoms with E-state index >= 15 is 0 Å². The SMILES string of the molecule is CC(O)CO.CC(O)CO.CCCCCCCCCCCC(=O)O.CCCCCCCCCCCC(=O)O. The Kier molecular flexibility index (Phi) is 46.4. The van der Waals surface area contributed by atoms with Crippen molar-refractivity contribution in [2.45, 2.75) is 168 Å². The molecule has 0 heterocycles. The van der Waals surface area contributed by atoms with Gasteiger partial charge in [-0.25, -0.2) is 0 Å². The van der Waals surface area contributed by atoms with E-state index in [1.165, 1.54) is 104 Å². The summed E-state index contributed by atoms with van der Waals surface area (Å²) in [4.78, 5) is 20.4. The van der Waals surface area contributed by atoms with E-state index in [1.54, 1.807) is 0 Å². The van der Waals surface area contributed by atoms with Crippen molar-refractivity contribution in [1.82, 2.24) is 0 Å². The molecular weight excluding hydrogens is 488 g/mol. The Bertz CT molecular complexity index is 402. The Balaban J connectivity index is -0.000000225. The van der Waals surface area contributed by atoms with Crippen LogP contribution in [0.5, 0.6) is 0 Å². The van der Waals surface area contributed by atoms with E-state index in [0.29, 0.717) is 12.8 Å². The molecule has 38 heavy (non-hydrogen) atoms. The van der Waals surface area contributed by atoms with Crippen LogP contribution >= 0.6 is 0 Å². The molecule has 0 aliphatic rings. The van der Waals surface area contributed by atoms with Gasteiger partial charge in [-0.15, -0.1) is 0 Å². The van der Waals surface area contributed by atoms with Gasteiger partial charge in [0, 0.05) is 12.8 Å². The first-order chi connectivity index (χ1) is 18.1. The highest BCUT2D eigenvalue weighted by Crippen LogP contribution is 2.11. The van der Waals surface area contributed by atoms with E-state index in [4.69, 9.17) is 30.6 Å². The summed E-state index contributed by atoms with van der Waals surface area (Å²) in [6.45, 7) is 7.23. The number of hydrogen-bond donors (Lipinski definition) is 6. The van der Waals surface area contributed by atoms with Gasteiger partial charge in [0.2, 0.25) is 0 Å². The van der Waals surface area contributed by atoms with Crippen LogP contribution in [0.15, 0.2) is 0 Å². The average Bonchev–Trinajstić information content (AvgIpc) is 2.87. The zero-order valence-electron chi connectivity index (χ0n) is 25.2. The van der Waals surface area contributed by atoms with Crippen LogP contribution in [0.3, 0.4) is 0 Å². The lowest BCUT2D eigenvalue weighted by Crippen LogP contribution is -2.03. The van der Waals surface area contributed by atoms with Crippen molar-refractivity contribution < 1.29 is 40.2 Å². The summed E-state index contributed by atoms with van der Waals surface area (Å²) < 4.78 is 0. The Morgan fingerprint density at radius 3 is 0.816 bits per heavy atom. The van der Waals surface area contributed by atoms with Crippen LogP contribution in [-0.2, 0) is 9.59 Å². The van der Waals surface area contributed by atoms with E-state index in [0.717, 1.165) is 25.7 Å². The maximum atomic E-state index is 10.2. The molecule has 0 aliphatic carbocycles. The summed E-state index contributed by atoms with van der Waals surface area (Å²) in [5, 5.41) is 48.8. The summed E-state index contributed by atoms with van der Waals surface area (Å²) in [6.07, 6.45) is 21.8. The molecule has 0 bridgehead atoms. The lowest BCUT2D eigenvalue weighted by atomic mass is 10.1. The van der Waals surface area contributed by atoms with Crippen molar-refractivity contribution in [3.63, 3.8) is 0 Å². The third-order valence-corrected chi connectivity index (χ3v) is 5.52. The molecular formula is C30H64O8. The number of carboxylic acids is 2. The smallest absolute Gasteiger partial charge is 0.303 e. The van der Waals surface area contributed by atoms with Crippen molar-refractivity contribution in [1.29, 1.82) is 0 Å². The highest BCUT2D eigenvalue weighted by molar-refractivity contribution is 5.66. The summed E-state index contributed by atoms with van der Waals surface area (Å²) >= 11 is 0. The third kappa shape index (κ3) is 64.6. The number of aliphatic hydroxyl groups is 4. The number of hydrogen-bond acceptors (Lipinski definition) is 6. The van der Waals surface area contributed by atoms with Crippen molar-refractivity contribution in [3.8, 4) is 0 Å². The normalized spacial score (nSPS) is 11.6. The third-order valence-electron chi connectivity index (χ3n) is 5.52. The van der Waals surface area contributed by atoms with Crippen molar-refractivity contribution in [3.05, 3.63) is 0 Å². The van der Waals surface area contributed by atoms with Gasteiger partial charge < -0.3 is 30.6 Å². The predicted octanol–water partition coefficient (Wildman–Crippen LogP) is 6.70. The molecule has 0 fully saturated rings. The maximum Gasteiger partial charge on any atom is 0.303 e. The van der Waals surface area contributed by atoms with Crippen molar-refractivity contribution in [2.24, 2.45) is 0 Å². The van der Waals surface area contributed by atoms with E-state index in [1.807, 2.05) is 0 Å². The number of aliphatic carboxylic acids is 2. The molecule has 0 amide bonds. The standard InChI is InChI=1S/2C12H24O2.2C3H8O2/c2*1-2-3-4-5-6-7-8-9-10-11-12(13)14;2*1-3(5)2-4/h2*2-11H2,1H3,(H,13,14);2*3-5H,2H2,1H3. The molecule has 0 aromatic heterocycles. The van der Waals surface area contributed by atoms with Crippen LogP contribution in [0.4, 0.5) is 0 Å². The fourth-order valence-corrected chi connectivity index (χ4v) is 3.17. The number of carbonyl (C=O) groups is 2. The first kappa shape index (κ1) is 43.8. The molecule has 8 heteroatoms. The minimum atomic E-state index is -0.659. The van der Waals surface area contributed by atoms with Crippen molar-refractivity contribution in [2.75, 3.05) is 13.2 Å². The molecule has 6 N–H and O–H groups in total. The van der Waals surface area contributed by atoms with Gasteiger partial charge in [-0.05, 0) is 26.7 Å². The van der Waals surface area contributed by atoms with Gasteiger partial charge in [-0.2, -0.15) is 0 Å². The maximum absolute atomic E-state index is 10.2. The van der Waals surface area contributed by atoms with Crippen LogP contribution in [-0.4, -0.2) is 68.0 Å². The summed E-state index contributed by atoms with van der Waals surface area (Å²) in [6, 6.07) is 0. The Morgan fingerprint density at radius 1 is 0.474 bits per heavy atom. The Hall–Kier alpha value is -1.22. The van der Waals surface area contributed by atoms with Crippen LogP contribution in [0.25, 0.3) is 0 Å². The number of aliphatic hydroxyl groups excluding tert-OH is 4. The molecule has 2 unspecified atom stereocenters. The van der Waals surface area contributed by atoms with E-state index in [2.05, 4.69) is 13.8 Å². The van der Waals surface area contributed by atoms with E-state index in [9.17, 15) is 9.59 Å². The summed E-state index contributed by atoms with van der Waals surface area (Å²) in [7, 11) is 0. The Labute approximate surface area is 233 Å². The number of rotatable bonds is 22. The van der Waals surface area contributed by atoms with Gasteiger partial charge in [-0.1, -0.05) is 117 Å². The highest BCUT2D eigenvalue weighted by Gasteiger charge is 1.97. The van der Waals surface area contributed by atoms with Gasteiger partial charge in [0.25, 0.3) is 0 Å². The highest BCUT2D eigenvalue weighted by atomic mass is 16.4. The zero-order chi connectivity index (χ0) is 29.9. The average molecular weight is 553 g/mol. The van der Waals surface area contributed by atoms with Gasteiger partial charge in [0.15, 0.2) is 0 Å². The zero-order valence-corrected chi connectivity index (χ0v) is 25.2. The lowest BCUT2D eigenvalue weighted by molar-refractivity contribution is -0.138. The molecule has 0 radical (unpaired) electrons. The Morgan fingerprint density at radius 2 is 0.658 bits per heavy atom. The second-order valence-electron chi connectivity index (χ2n) is 10.0. The van der Waals surface area contributed by atoms with Crippen LogP contribution < -0.4 is 0 Å². The first-order valence-electron chi connectivity index (χ1n) is 15.1. The minimum absolute atomic E-state index is 0.139. The molecule has 0 rings (SSSR count). The van der Waals surface area contributed by atoms with Gasteiger partial charge in [0.05, 0.1) is 25.4 Å². The van der Waals surface area contributed by atoms with Crippen molar-refractivity contribution >= 4 is 11.9 Å². The van der Waals surface area contributed by atoms with Crippen LogP contribution in [0, 0.1) is 0 Å². The molecule has 8 nitrogen and oxygen atoms in total. The van der Waals surface area contributed by atoms with Gasteiger partial charge >= 0.3 is 11.9 Å². The van der Waals surface area contributed by atoms with Crippen LogP contribution in [0.2, 0.25) is 0 Å². The molecule has 0 spiro atoms. The molecule has 2 atom stereocenters. The first-order valence-corrected chi connectivity index (χ1v) is 15.1. The van der Waals surface area contributed by atoms with E-state index < -0.39 is 24.1 Å². The molecule has 0 aliphatic heterocycles. The topological polar surface area (TPSA) is 156 Å². The quantitative estimate of drug-likeness (QED) is 0.0810. The molecule has 0 aromatic carbocycles. The summed E-state index contributed by atoms with van der Waals surface area (Å²) in [5.74, 6) is -1.32. The van der Waals surface area contributed by atoms with Crippen LogP contribution in [0.1, 0.15) is 156 Å². The fourth-order valence-electron chi connectivity index (χ4n) is 3.17. The monoisotopic (exact) mass is 552 g/mol. The second-order valence-corrected chi connectivity index (χ2v) is 10.0. The minimum Gasteiger partial charge on any atom is -0.481 e. The molecule has 232 valence electrons. The fraction of sp³-hybridized carbons (Fsp3) is 0.933. The number of unbranched alkanes of at least 4 members (excludes halogenated alkanes) is 16.